The van der Waals surface area contributed by atoms with Crippen LogP contribution in [0.5, 0.6) is 0 Å². The number of hydrogen-bond donors (Lipinski definition) is 0. The second-order valence-electron chi connectivity index (χ2n) is 2.67. The van der Waals surface area contributed by atoms with E-state index in [4.69, 9.17) is 11.6 Å². The molecule has 0 amide bonds. The summed E-state index contributed by atoms with van der Waals surface area (Å²) in [6, 6.07) is 2.20. The van der Waals surface area contributed by atoms with Crippen LogP contribution in [-0.4, -0.2) is 4.92 Å². The molecule has 0 radical (unpaired) electrons. The van der Waals surface area contributed by atoms with Gasteiger partial charge in [-0.3, -0.25) is 10.1 Å². The fraction of sp³-hybridized carbons (Fsp3) is 0.250. The molecular formula is C8H6ClF2NO2. The van der Waals surface area contributed by atoms with Gasteiger partial charge >= 0.3 is 0 Å². The Labute approximate surface area is 83.4 Å². The Morgan fingerprint density at radius 1 is 1.50 bits per heavy atom. The second kappa shape index (κ2) is 3.88. The second-order valence-corrected chi connectivity index (χ2v) is 3.08. The van der Waals surface area contributed by atoms with E-state index in [-0.39, 0.29) is 10.6 Å². The Morgan fingerprint density at radius 2 is 2.07 bits per heavy atom. The van der Waals surface area contributed by atoms with Crippen LogP contribution in [0.4, 0.5) is 14.5 Å². The zero-order chi connectivity index (χ0) is 10.9. The van der Waals surface area contributed by atoms with Gasteiger partial charge < -0.3 is 0 Å². The number of halogens is 3. The highest BCUT2D eigenvalue weighted by Crippen LogP contribution is 2.34. The third-order valence-corrected chi connectivity index (χ3v) is 2.22. The maximum atomic E-state index is 12.4. The summed E-state index contributed by atoms with van der Waals surface area (Å²) >= 11 is 5.59. The van der Waals surface area contributed by atoms with Gasteiger partial charge in [-0.05, 0) is 19.1 Å². The fourth-order valence-corrected chi connectivity index (χ4v) is 1.27. The summed E-state index contributed by atoms with van der Waals surface area (Å²) < 4.78 is 24.7. The molecule has 0 aliphatic rings. The van der Waals surface area contributed by atoms with Crippen LogP contribution < -0.4 is 0 Å². The van der Waals surface area contributed by atoms with Crippen molar-refractivity contribution in [2.24, 2.45) is 0 Å². The van der Waals surface area contributed by atoms with Crippen molar-refractivity contribution in [1.82, 2.24) is 0 Å². The van der Waals surface area contributed by atoms with Crippen LogP contribution in [0.2, 0.25) is 5.02 Å². The normalized spacial score (nSPS) is 10.6. The van der Waals surface area contributed by atoms with Crippen LogP contribution in [0.3, 0.4) is 0 Å². The van der Waals surface area contributed by atoms with Crippen LogP contribution in [0.25, 0.3) is 0 Å². The Kier molecular flexibility index (Phi) is 3.00. The van der Waals surface area contributed by atoms with E-state index >= 15 is 0 Å². The van der Waals surface area contributed by atoms with Crippen molar-refractivity contribution in [1.29, 1.82) is 0 Å². The third kappa shape index (κ3) is 1.82. The van der Waals surface area contributed by atoms with Gasteiger partial charge in [0.2, 0.25) is 0 Å². The summed E-state index contributed by atoms with van der Waals surface area (Å²) in [7, 11) is 0. The zero-order valence-electron chi connectivity index (χ0n) is 7.13. The molecule has 0 heterocycles. The SMILES string of the molecule is Cc1c(Cl)ccc(C(F)F)c1[N+](=O)[O-]. The first-order valence-electron chi connectivity index (χ1n) is 3.66. The van der Waals surface area contributed by atoms with Crippen molar-refractivity contribution in [3.8, 4) is 0 Å². The highest BCUT2D eigenvalue weighted by atomic mass is 35.5. The first-order chi connectivity index (χ1) is 6.45. The van der Waals surface area contributed by atoms with Gasteiger partial charge in [-0.2, -0.15) is 0 Å². The van der Waals surface area contributed by atoms with Crippen LogP contribution in [-0.2, 0) is 0 Å². The van der Waals surface area contributed by atoms with Gasteiger partial charge in [0, 0.05) is 5.56 Å². The van der Waals surface area contributed by atoms with Crippen molar-refractivity contribution in [2.45, 2.75) is 13.3 Å². The molecule has 0 unspecified atom stereocenters. The molecule has 1 aromatic rings. The molecule has 3 nitrogen and oxygen atoms in total. The van der Waals surface area contributed by atoms with Crippen molar-refractivity contribution < 1.29 is 13.7 Å². The zero-order valence-corrected chi connectivity index (χ0v) is 7.89. The molecule has 0 aliphatic carbocycles. The Balaban J connectivity index is 3.45. The van der Waals surface area contributed by atoms with Crippen molar-refractivity contribution >= 4 is 17.3 Å². The van der Waals surface area contributed by atoms with E-state index in [0.29, 0.717) is 0 Å². The molecule has 0 N–H and O–H groups in total. The Hall–Kier alpha value is -1.23. The predicted molar refractivity (Wildman–Crippen MR) is 47.8 cm³/mol. The molecule has 0 fully saturated rings. The highest BCUT2D eigenvalue weighted by molar-refractivity contribution is 6.31. The predicted octanol–water partition coefficient (Wildman–Crippen LogP) is 3.49. The first kappa shape index (κ1) is 10.8. The molecule has 0 spiro atoms. The Morgan fingerprint density at radius 3 is 2.50 bits per heavy atom. The number of benzene rings is 1. The van der Waals surface area contributed by atoms with E-state index in [0.717, 1.165) is 6.07 Å². The first-order valence-corrected chi connectivity index (χ1v) is 4.04. The standard InChI is InChI=1S/C8H6ClF2NO2/c1-4-6(9)3-2-5(8(10)11)7(4)12(13)14/h2-3,8H,1H3. The van der Waals surface area contributed by atoms with E-state index in [2.05, 4.69) is 0 Å². The minimum Gasteiger partial charge on any atom is -0.258 e. The number of nitro groups is 1. The molecular weight excluding hydrogens is 216 g/mol. The Bertz CT molecular complexity index is 382. The molecule has 0 aromatic heterocycles. The lowest BCUT2D eigenvalue weighted by molar-refractivity contribution is -0.386. The maximum Gasteiger partial charge on any atom is 0.282 e. The summed E-state index contributed by atoms with van der Waals surface area (Å²) in [6.07, 6.45) is -2.87. The van der Waals surface area contributed by atoms with Gasteiger partial charge in [-0.15, -0.1) is 0 Å². The van der Waals surface area contributed by atoms with Crippen LogP contribution in [0, 0.1) is 17.0 Å². The summed E-state index contributed by atoms with van der Waals surface area (Å²) in [4.78, 5) is 9.67. The minimum absolute atomic E-state index is 0.0643. The largest absolute Gasteiger partial charge is 0.282 e. The lowest BCUT2D eigenvalue weighted by Crippen LogP contribution is -1.99. The van der Waals surface area contributed by atoms with Crippen molar-refractivity contribution in [2.75, 3.05) is 0 Å². The molecule has 6 heteroatoms. The third-order valence-electron chi connectivity index (χ3n) is 1.81. The molecule has 0 aliphatic heterocycles. The number of nitro benzene ring substituents is 1. The van der Waals surface area contributed by atoms with Gasteiger partial charge in [-0.1, -0.05) is 11.6 Å². The van der Waals surface area contributed by atoms with E-state index in [1.54, 1.807) is 0 Å². The molecule has 14 heavy (non-hydrogen) atoms. The highest BCUT2D eigenvalue weighted by Gasteiger charge is 2.25. The van der Waals surface area contributed by atoms with E-state index in [1.807, 2.05) is 0 Å². The number of hydrogen-bond acceptors (Lipinski definition) is 2. The van der Waals surface area contributed by atoms with Crippen LogP contribution in [0.15, 0.2) is 12.1 Å². The van der Waals surface area contributed by atoms with Crippen molar-refractivity contribution in [3.05, 3.63) is 38.4 Å². The van der Waals surface area contributed by atoms with Gasteiger partial charge in [0.05, 0.1) is 15.5 Å². The average Bonchev–Trinajstić information content (AvgIpc) is 2.08. The topological polar surface area (TPSA) is 43.1 Å². The summed E-state index contributed by atoms with van der Waals surface area (Å²) in [5, 5.41) is 10.6. The average molecular weight is 222 g/mol. The lowest BCUT2D eigenvalue weighted by Gasteiger charge is -2.05. The number of alkyl halides is 2. The molecule has 0 atom stereocenters. The molecule has 76 valence electrons. The molecule has 1 rings (SSSR count). The monoisotopic (exact) mass is 221 g/mol. The molecule has 1 aromatic carbocycles. The van der Waals surface area contributed by atoms with Crippen LogP contribution >= 0.6 is 11.6 Å². The maximum absolute atomic E-state index is 12.4. The lowest BCUT2D eigenvalue weighted by atomic mass is 10.1. The number of nitrogens with zero attached hydrogens (tertiary/aromatic N) is 1. The van der Waals surface area contributed by atoms with Gasteiger partial charge in [-0.25, -0.2) is 8.78 Å². The van der Waals surface area contributed by atoms with E-state index < -0.39 is 22.6 Å². The van der Waals surface area contributed by atoms with Gasteiger partial charge in [0.1, 0.15) is 0 Å². The summed E-state index contributed by atoms with van der Waals surface area (Å²) in [5.41, 5.74) is -1.14. The van der Waals surface area contributed by atoms with E-state index in [1.165, 1.54) is 13.0 Å². The molecule has 0 saturated heterocycles. The molecule has 0 bridgehead atoms. The quantitative estimate of drug-likeness (QED) is 0.567. The summed E-state index contributed by atoms with van der Waals surface area (Å²) in [6.45, 7) is 1.34. The van der Waals surface area contributed by atoms with Crippen LogP contribution in [0.1, 0.15) is 17.6 Å². The van der Waals surface area contributed by atoms with E-state index in [9.17, 15) is 18.9 Å². The minimum atomic E-state index is -2.87. The van der Waals surface area contributed by atoms with Gasteiger partial charge in [0.15, 0.2) is 0 Å². The summed E-state index contributed by atoms with van der Waals surface area (Å²) in [5.74, 6) is 0. The van der Waals surface area contributed by atoms with Gasteiger partial charge in [0.25, 0.3) is 12.1 Å². The fourth-order valence-electron chi connectivity index (χ4n) is 1.11. The number of rotatable bonds is 2. The smallest absolute Gasteiger partial charge is 0.258 e. The molecule has 0 saturated carbocycles. The van der Waals surface area contributed by atoms with Crippen molar-refractivity contribution in [3.63, 3.8) is 0 Å².